The van der Waals surface area contributed by atoms with Gasteiger partial charge in [0, 0.05) is 0 Å². The number of hydrogen-bond acceptors (Lipinski definition) is 2. The van der Waals surface area contributed by atoms with Crippen molar-refractivity contribution in [3.8, 4) is 5.75 Å². The molecule has 0 fully saturated rings. The van der Waals surface area contributed by atoms with Crippen LogP contribution >= 0.6 is 7.82 Å². The van der Waals surface area contributed by atoms with Crippen molar-refractivity contribution in [2.24, 2.45) is 0 Å². The smallest absolute Gasteiger partial charge is 0.404 e. The molecule has 0 aliphatic carbocycles. The molecule has 0 aliphatic rings. The molecule has 0 aromatic heterocycles. The lowest BCUT2D eigenvalue weighted by molar-refractivity contribution is 0.282. The topological polar surface area (TPSA) is 66.8 Å². The fourth-order valence-corrected chi connectivity index (χ4v) is 1.74. The van der Waals surface area contributed by atoms with E-state index < -0.39 is 7.82 Å². The Morgan fingerprint density at radius 3 is 2.53 bits per heavy atom. The number of phosphoric ester groups is 1. The van der Waals surface area contributed by atoms with Crippen molar-refractivity contribution < 1.29 is 18.9 Å². The van der Waals surface area contributed by atoms with Crippen LogP contribution in [-0.2, 0) is 4.57 Å². The summed E-state index contributed by atoms with van der Waals surface area (Å²) < 4.78 is 15.4. The molecule has 5 heteroatoms. The Kier molecular flexibility index (Phi) is 3.91. The Labute approximate surface area is 89.1 Å². The van der Waals surface area contributed by atoms with Crippen molar-refractivity contribution in [1.29, 1.82) is 0 Å². The minimum atomic E-state index is -4.46. The maximum Gasteiger partial charge on any atom is 0.524 e. The normalized spacial score (nSPS) is 13.6. The summed E-state index contributed by atoms with van der Waals surface area (Å²) in [7, 11) is -4.46. The SMILES string of the molecule is CCC(C)c1ccccc1OP(=O)(O)O. The van der Waals surface area contributed by atoms with E-state index in [-0.39, 0.29) is 11.7 Å². The highest BCUT2D eigenvalue weighted by Crippen LogP contribution is 2.41. The van der Waals surface area contributed by atoms with Gasteiger partial charge in [0.1, 0.15) is 5.75 Å². The van der Waals surface area contributed by atoms with Gasteiger partial charge in [-0.15, -0.1) is 0 Å². The van der Waals surface area contributed by atoms with E-state index >= 15 is 0 Å². The second-order valence-electron chi connectivity index (χ2n) is 3.43. The third kappa shape index (κ3) is 3.67. The first-order chi connectivity index (χ1) is 6.94. The van der Waals surface area contributed by atoms with Crippen molar-refractivity contribution in [2.45, 2.75) is 26.2 Å². The molecule has 84 valence electrons. The molecule has 0 heterocycles. The second-order valence-corrected chi connectivity index (χ2v) is 4.59. The molecule has 0 aliphatic heterocycles. The first-order valence-electron chi connectivity index (χ1n) is 4.78. The molecule has 0 radical (unpaired) electrons. The van der Waals surface area contributed by atoms with Crippen LogP contribution in [-0.4, -0.2) is 9.79 Å². The molecule has 1 unspecified atom stereocenters. The van der Waals surface area contributed by atoms with Gasteiger partial charge >= 0.3 is 7.82 Å². The van der Waals surface area contributed by atoms with Crippen molar-refractivity contribution in [1.82, 2.24) is 0 Å². The molecule has 0 saturated carbocycles. The number of rotatable bonds is 4. The number of para-hydroxylation sites is 1. The number of benzene rings is 1. The van der Waals surface area contributed by atoms with Gasteiger partial charge in [0.15, 0.2) is 0 Å². The Hall–Kier alpha value is -0.830. The largest absolute Gasteiger partial charge is 0.524 e. The summed E-state index contributed by atoms with van der Waals surface area (Å²) >= 11 is 0. The van der Waals surface area contributed by atoms with E-state index in [1.54, 1.807) is 12.1 Å². The zero-order valence-electron chi connectivity index (χ0n) is 8.75. The Balaban J connectivity index is 3.01. The minimum absolute atomic E-state index is 0.216. The van der Waals surface area contributed by atoms with Gasteiger partial charge in [0.2, 0.25) is 0 Å². The lowest BCUT2D eigenvalue weighted by Crippen LogP contribution is -1.98. The zero-order valence-corrected chi connectivity index (χ0v) is 9.65. The van der Waals surface area contributed by atoms with E-state index in [1.165, 1.54) is 0 Å². The standard InChI is InChI=1S/C10H15O4P/c1-3-8(2)9-6-4-5-7-10(9)14-15(11,12)13/h4-8H,3H2,1-2H3,(H2,11,12,13). The molecule has 1 aromatic carbocycles. The Morgan fingerprint density at radius 2 is 2.00 bits per heavy atom. The minimum Gasteiger partial charge on any atom is -0.404 e. The molecule has 2 N–H and O–H groups in total. The summed E-state index contributed by atoms with van der Waals surface area (Å²) in [4.78, 5) is 17.5. The summed E-state index contributed by atoms with van der Waals surface area (Å²) in [6.45, 7) is 4.00. The van der Waals surface area contributed by atoms with Crippen LogP contribution in [0.15, 0.2) is 24.3 Å². The number of phosphoric acid groups is 1. The van der Waals surface area contributed by atoms with E-state index in [2.05, 4.69) is 4.52 Å². The summed E-state index contributed by atoms with van der Waals surface area (Å²) in [5, 5.41) is 0. The molecule has 1 rings (SSSR count). The molecule has 1 aromatic rings. The van der Waals surface area contributed by atoms with Crippen molar-refractivity contribution >= 4 is 7.82 Å². The highest BCUT2D eigenvalue weighted by atomic mass is 31.2. The van der Waals surface area contributed by atoms with Gasteiger partial charge in [-0.25, -0.2) is 4.57 Å². The Bertz CT molecular complexity index is 371. The van der Waals surface area contributed by atoms with E-state index in [9.17, 15) is 4.57 Å². The first kappa shape index (κ1) is 12.2. The maximum absolute atomic E-state index is 10.7. The van der Waals surface area contributed by atoms with Crippen LogP contribution in [0.1, 0.15) is 31.7 Å². The van der Waals surface area contributed by atoms with Crippen LogP contribution in [0.5, 0.6) is 5.75 Å². The van der Waals surface area contributed by atoms with Gasteiger partial charge in [-0.3, -0.25) is 9.79 Å². The van der Waals surface area contributed by atoms with Crippen LogP contribution in [0.2, 0.25) is 0 Å². The van der Waals surface area contributed by atoms with E-state index in [4.69, 9.17) is 9.79 Å². The average molecular weight is 230 g/mol. The molecule has 0 spiro atoms. The van der Waals surface area contributed by atoms with Crippen LogP contribution in [0, 0.1) is 0 Å². The average Bonchev–Trinajstić information content (AvgIpc) is 2.15. The van der Waals surface area contributed by atoms with Gasteiger partial charge in [-0.1, -0.05) is 32.0 Å². The summed E-state index contributed by atoms with van der Waals surface area (Å²) in [6.07, 6.45) is 0.890. The summed E-state index contributed by atoms with van der Waals surface area (Å²) in [5.41, 5.74) is 0.823. The summed E-state index contributed by atoms with van der Waals surface area (Å²) in [6, 6.07) is 6.91. The molecule has 1 atom stereocenters. The first-order valence-corrected chi connectivity index (χ1v) is 6.31. The van der Waals surface area contributed by atoms with Gasteiger partial charge in [-0.2, -0.15) is 0 Å². The van der Waals surface area contributed by atoms with Crippen LogP contribution < -0.4 is 4.52 Å². The predicted molar refractivity (Wildman–Crippen MR) is 57.8 cm³/mol. The Morgan fingerprint density at radius 1 is 1.40 bits per heavy atom. The van der Waals surface area contributed by atoms with E-state index in [0.29, 0.717) is 0 Å². The van der Waals surface area contributed by atoms with E-state index in [1.807, 2.05) is 26.0 Å². The maximum atomic E-state index is 10.7. The quantitative estimate of drug-likeness (QED) is 0.780. The number of hydrogen-bond donors (Lipinski definition) is 2. The second kappa shape index (κ2) is 4.79. The summed E-state index contributed by atoms with van der Waals surface area (Å²) in [5.74, 6) is 0.480. The molecular weight excluding hydrogens is 215 g/mol. The fraction of sp³-hybridized carbons (Fsp3) is 0.400. The lowest BCUT2D eigenvalue weighted by Gasteiger charge is -2.15. The predicted octanol–water partition coefficient (Wildman–Crippen LogP) is 2.67. The molecule has 15 heavy (non-hydrogen) atoms. The zero-order chi connectivity index (χ0) is 11.5. The van der Waals surface area contributed by atoms with E-state index in [0.717, 1.165) is 12.0 Å². The third-order valence-corrected chi connectivity index (χ3v) is 2.71. The van der Waals surface area contributed by atoms with Crippen molar-refractivity contribution in [3.05, 3.63) is 29.8 Å². The van der Waals surface area contributed by atoms with Gasteiger partial charge in [-0.05, 0) is 24.0 Å². The third-order valence-electron chi connectivity index (χ3n) is 2.28. The van der Waals surface area contributed by atoms with Crippen LogP contribution in [0.3, 0.4) is 0 Å². The van der Waals surface area contributed by atoms with Crippen LogP contribution in [0.4, 0.5) is 0 Å². The monoisotopic (exact) mass is 230 g/mol. The molecule has 0 bridgehead atoms. The van der Waals surface area contributed by atoms with Crippen LogP contribution in [0.25, 0.3) is 0 Å². The highest BCUT2D eigenvalue weighted by Gasteiger charge is 2.19. The lowest BCUT2D eigenvalue weighted by atomic mass is 9.98. The van der Waals surface area contributed by atoms with Gasteiger partial charge in [0.05, 0.1) is 0 Å². The molecule has 4 nitrogen and oxygen atoms in total. The molecule has 0 saturated heterocycles. The van der Waals surface area contributed by atoms with Crippen molar-refractivity contribution in [3.63, 3.8) is 0 Å². The fourth-order valence-electron chi connectivity index (χ4n) is 1.32. The van der Waals surface area contributed by atoms with Gasteiger partial charge in [0.25, 0.3) is 0 Å². The van der Waals surface area contributed by atoms with Crippen molar-refractivity contribution in [2.75, 3.05) is 0 Å². The van der Waals surface area contributed by atoms with Gasteiger partial charge < -0.3 is 4.52 Å². The molecule has 0 amide bonds. The molecular formula is C10H15O4P. The highest BCUT2D eigenvalue weighted by molar-refractivity contribution is 7.46.